The van der Waals surface area contributed by atoms with E-state index in [1.807, 2.05) is 0 Å². The third-order valence-corrected chi connectivity index (χ3v) is 3.02. The number of nitrogens with zero attached hydrogens (tertiary/aromatic N) is 2. The summed E-state index contributed by atoms with van der Waals surface area (Å²) in [5.74, 6) is -1.35. The number of carbonyl (C=O) groups excluding carboxylic acids is 2. The van der Waals surface area contributed by atoms with Crippen LogP contribution in [0.2, 0.25) is 5.02 Å². The maximum atomic E-state index is 12.0. The van der Waals surface area contributed by atoms with Gasteiger partial charge in [-0.05, 0) is 37.1 Å². The highest BCUT2D eigenvalue weighted by Gasteiger charge is 2.07. The average Bonchev–Trinajstić information content (AvgIpc) is 2.86. The second-order valence-corrected chi connectivity index (χ2v) is 4.87. The van der Waals surface area contributed by atoms with E-state index >= 15 is 0 Å². The van der Waals surface area contributed by atoms with Gasteiger partial charge in [0.05, 0.1) is 11.9 Å². The summed E-state index contributed by atoms with van der Waals surface area (Å²) in [5.41, 5.74) is 1.03. The lowest BCUT2D eigenvalue weighted by Gasteiger charge is -2.03. The molecule has 0 atom stereocenters. The molecule has 0 aliphatic rings. The van der Waals surface area contributed by atoms with Gasteiger partial charge < -0.3 is 15.2 Å². The Balaban J connectivity index is 1.91. The van der Waals surface area contributed by atoms with E-state index in [1.54, 1.807) is 35.1 Å². The van der Waals surface area contributed by atoms with Crippen molar-refractivity contribution in [1.29, 1.82) is 0 Å². The number of carboxylic acid groups (broad SMARTS) is 1. The van der Waals surface area contributed by atoms with Crippen LogP contribution >= 0.6 is 11.6 Å². The van der Waals surface area contributed by atoms with Gasteiger partial charge in [-0.3, -0.25) is 9.48 Å². The molecule has 2 rings (SSSR count). The molecular weight excluding hydrogens is 294 g/mol. The zero-order valence-corrected chi connectivity index (χ0v) is 11.8. The number of aliphatic carboxylic acids is 1. The van der Waals surface area contributed by atoms with Gasteiger partial charge in [0.25, 0.3) is 5.91 Å². The van der Waals surface area contributed by atoms with E-state index in [1.165, 1.54) is 6.20 Å². The van der Waals surface area contributed by atoms with E-state index in [0.29, 0.717) is 29.2 Å². The Labute approximate surface area is 126 Å². The van der Waals surface area contributed by atoms with E-state index in [2.05, 4.69) is 10.4 Å². The average molecular weight is 307 g/mol. The summed E-state index contributed by atoms with van der Waals surface area (Å²) in [5, 5.41) is 17.6. The second kappa shape index (κ2) is 6.90. The first-order valence-corrected chi connectivity index (χ1v) is 6.71. The molecule has 110 valence electrons. The number of aromatic nitrogens is 2. The molecule has 0 bridgehead atoms. The van der Waals surface area contributed by atoms with E-state index in [9.17, 15) is 14.7 Å². The van der Waals surface area contributed by atoms with Gasteiger partial charge >= 0.3 is 0 Å². The van der Waals surface area contributed by atoms with Crippen LogP contribution in [0.1, 0.15) is 23.2 Å². The smallest absolute Gasteiger partial charge is 0.255 e. The van der Waals surface area contributed by atoms with Gasteiger partial charge in [0.2, 0.25) is 0 Å². The molecule has 1 amide bonds. The Morgan fingerprint density at radius 3 is 2.67 bits per heavy atom. The highest BCUT2D eigenvalue weighted by atomic mass is 35.5. The summed E-state index contributed by atoms with van der Waals surface area (Å²) >= 11 is 5.76. The molecule has 1 aromatic carbocycles. The summed E-state index contributed by atoms with van der Waals surface area (Å²) in [6, 6.07) is 6.53. The number of rotatable bonds is 6. The Morgan fingerprint density at radius 1 is 1.29 bits per heavy atom. The third-order valence-electron chi connectivity index (χ3n) is 2.77. The monoisotopic (exact) mass is 306 g/mol. The molecule has 0 radical (unpaired) electrons. The number of carboxylic acids is 1. The maximum absolute atomic E-state index is 12.0. The van der Waals surface area contributed by atoms with Crippen LogP contribution in [-0.2, 0) is 11.3 Å². The predicted molar refractivity (Wildman–Crippen MR) is 75.9 cm³/mol. The van der Waals surface area contributed by atoms with Gasteiger partial charge in [0, 0.05) is 29.3 Å². The molecule has 1 N–H and O–H groups in total. The normalized spacial score (nSPS) is 10.3. The van der Waals surface area contributed by atoms with Crippen molar-refractivity contribution in [3.63, 3.8) is 0 Å². The molecule has 21 heavy (non-hydrogen) atoms. The van der Waals surface area contributed by atoms with Crippen LogP contribution < -0.4 is 10.4 Å². The van der Waals surface area contributed by atoms with Crippen LogP contribution in [0.15, 0.2) is 36.7 Å². The summed E-state index contributed by atoms with van der Waals surface area (Å²) < 4.78 is 1.57. The maximum Gasteiger partial charge on any atom is 0.255 e. The van der Waals surface area contributed by atoms with E-state index < -0.39 is 5.97 Å². The summed E-state index contributed by atoms with van der Waals surface area (Å²) in [7, 11) is 0. The number of hydrogen-bond acceptors (Lipinski definition) is 4. The zero-order valence-electron chi connectivity index (χ0n) is 11.1. The van der Waals surface area contributed by atoms with Gasteiger partial charge in [-0.15, -0.1) is 0 Å². The Kier molecular flexibility index (Phi) is 4.94. The molecule has 1 heterocycles. The fourth-order valence-electron chi connectivity index (χ4n) is 1.74. The Hall–Kier alpha value is -2.34. The molecule has 1 aromatic heterocycles. The predicted octanol–water partition coefficient (Wildman–Crippen LogP) is 1.32. The quantitative estimate of drug-likeness (QED) is 0.872. The standard InChI is InChI=1S/C14H14ClN3O3/c15-11-5-3-10(4-6-11)14(21)17-12-8-16-18(9-12)7-1-2-13(19)20/h3-6,8-9H,1-2,7H2,(H,17,21)(H,19,20)/p-1. The first kappa shape index (κ1) is 15.1. The summed E-state index contributed by atoms with van der Waals surface area (Å²) in [4.78, 5) is 22.3. The van der Waals surface area contributed by atoms with Crippen molar-refractivity contribution in [3.05, 3.63) is 47.2 Å². The second-order valence-electron chi connectivity index (χ2n) is 4.43. The number of amides is 1. The van der Waals surface area contributed by atoms with Crippen LogP contribution in [-0.4, -0.2) is 21.7 Å². The number of carbonyl (C=O) groups is 2. The molecule has 7 heteroatoms. The summed E-state index contributed by atoms with van der Waals surface area (Å²) in [6.07, 6.45) is 3.55. The zero-order chi connectivity index (χ0) is 15.2. The number of aryl methyl sites for hydroxylation is 1. The number of benzene rings is 1. The van der Waals surface area contributed by atoms with Crippen LogP contribution in [0, 0.1) is 0 Å². The van der Waals surface area contributed by atoms with Crippen molar-refractivity contribution in [2.45, 2.75) is 19.4 Å². The molecule has 0 fully saturated rings. The van der Waals surface area contributed by atoms with Crippen LogP contribution in [0.5, 0.6) is 0 Å². The molecule has 0 unspecified atom stereocenters. The van der Waals surface area contributed by atoms with Crippen molar-refractivity contribution in [1.82, 2.24) is 9.78 Å². The van der Waals surface area contributed by atoms with Crippen LogP contribution in [0.3, 0.4) is 0 Å². The highest BCUT2D eigenvalue weighted by Crippen LogP contribution is 2.12. The molecule has 0 aliphatic heterocycles. The fraction of sp³-hybridized carbons (Fsp3) is 0.214. The molecular formula is C14H13ClN3O3-. The molecule has 2 aromatic rings. The van der Waals surface area contributed by atoms with Crippen LogP contribution in [0.25, 0.3) is 0 Å². The van der Waals surface area contributed by atoms with Gasteiger partial charge in [-0.25, -0.2) is 0 Å². The van der Waals surface area contributed by atoms with Crippen molar-refractivity contribution >= 4 is 29.2 Å². The van der Waals surface area contributed by atoms with Crippen molar-refractivity contribution in [3.8, 4) is 0 Å². The van der Waals surface area contributed by atoms with E-state index in [-0.39, 0.29) is 12.3 Å². The van der Waals surface area contributed by atoms with Gasteiger partial charge in [0.1, 0.15) is 0 Å². The highest BCUT2D eigenvalue weighted by molar-refractivity contribution is 6.30. The number of nitrogens with one attached hydrogen (secondary N) is 1. The topological polar surface area (TPSA) is 87.0 Å². The minimum Gasteiger partial charge on any atom is -0.550 e. The Bertz CT molecular complexity index is 637. The van der Waals surface area contributed by atoms with E-state index in [0.717, 1.165) is 0 Å². The SMILES string of the molecule is O=C([O-])CCCn1cc(NC(=O)c2ccc(Cl)cc2)cn1. The van der Waals surface area contributed by atoms with Crippen molar-refractivity contribution < 1.29 is 14.7 Å². The molecule has 6 nitrogen and oxygen atoms in total. The minimum absolute atomic E-state index is 0.0215. The van der Waals surface area contributed by atoms with Gasteiger partial charge in [-0.1, -0.05) is 11.6 Å². The van der Waals surface area contributed by atoms with Crippen molar-refractivity contribution in [2.24, 2.45) is 0 Å². The van der Waals surface area contributed by atoms with Gasteiger partial charge in [-0.2, -0.15) is 5.10 Å². The lowest BCUT2D eigenvalue weighted by Crippen LogP contribution is -2.22. The molecule has 0 aliphatic carbocycles. The largest absolute Gasteiger partial charge is 0.550 e. The first-order valence-electron chi connectivity index (χ1n) is 6.34. The minimum atomic E-state index is -1.08. The summed E-state index contributed by atoms with van der Waals surface area (Å²) in [6.45, 7) is 0.449. The van der Waals surface area contributed by atoms with Crippen LogP contribution in [0.4, 0.5) is 5.69 Å². The number of anilines is 1. The lowest BCUT2D eigenvalue weighted by atomic mass is 10.2. The van der Waals surface area contributed by atoms with Crippen molar-refractivity contribution in [2.75, 3.05) is 5.32 Å². The molecule has 0 saturated heterocycles. The lowest BCUT2D eigenvalue weighted by molar-refractivity contribution is -0.305. The first-order chi connectivity index (χ1) is 10.0. The van der Waals surface area contributed by atoms with Gasteiger partial charge in [0.15, 0.2) is 0 Å². The third kappa shape index (κ3) is 4.61. The van der Waals surface area contributed by atoms with E-state index in [4.69, 9.17) is 11.6 Å². The molecule has 0 spiro atoms. The fourth-order valence-corrected chi connectivity index (χ4v) is 1.87. The number of hydrogen-bond donors (Lipinski definition) is 1. The number of halogens is 1. The Morgan fingerprint density at radius 2 is 2.00 bits per heavy atom. The molecule has 0 saturated carbocycles.